The van der Waals surface area contributed by atoms with Gasteiger partial charge in [-0.05, 0) is 29.3 Å². The van der Waals surface area contributed by atoms with Gasteiger partial charge in [-0.25, -0.2) is 5.14 Å². The van der Waals surface area contributed by atoms with E-state index in [1.807, 2.05) is 30.3 Å². The molecule has 0 atom stereocenters. The molecule has 3 N–H and O–H groups in total. The quantitative estimate of drug-likeness (QED) is 0.715. The van der Waals surface area contributed by atoms with Gasteiger partial charge in [-0.3, -0.25) is 4.98 Å². The second kappa shape index (κ2) is 7.09. The second-order valence-electron chi connectivity index (χ2n) is 5.60. The van der Waals surface area contributed by atoms with Crippen molar-refractivity contribution >= 4 is 21.1 Å². The molecule has 26 heavy (non-hydrogen) atoms. The first-order chi connectivity index (χ1) is 12.4. The van der Waals surface area contributed by atoms with Crippen LogP contribution in [0.1, 0.15) is 11.1 Å². The van der Waals surface area contributed by atoms with Crippen LogP contribution in [-0.2, 0) is 16.8 Å². The van der Waals surface area contributed by atoms with Crippen LogP contribution in [0, 0.1) is 11.3 Å². The molecule has 2 aromatic carbocycles. The zero-order valence-corrected chi connectivity index (χ0v) is 14.7. The number of aromatic nitrogens is 1. The van der Waals surface area contributed by atoms with E-state index in [2.05, 4.69) is 15.8 Å². The van der Waals surface area contributed by atoms with Crippen LogP contribution in [-0.4, -0.2) is 20.5 Å². The molecular formula is C18H16N4O3S. The highest BCUT2D eigenvalue weighted by Crippen LogP contribution is 2.33. The number of pyridine rings is 1. The summed E-state index contributed by atoms with van der Waals surface area (Å²) in [5.41, 5.74) is 3.52. The van der Waals surface area contributed by atoms with Crippen molar-refractivity contribution in [2.24, 2.45) is 5.14 Å². The molecular weight excluding hydrogens is 352 g/mol. The first-order valence-electron chi connectivity index (χ1n) is 7.65. The monoisotopic (exact) mass is 368 g/mol. The molecule has 0 unspecified atom stereocenters. The topological polar surface area (TPSA) is 118 Å². The van der Waals surface area contributed by atoms with Gasteiger partial charge in [0.25, 0.3) is 10.2 Å². The summed E-state index contributed by atoms with van der Waals surface area (Å²) >= 11 is 0. The van der Waals surface area contributed by atoms with Crippen molar-refractivity contribution < 1.29 is 13.2 Å². The van der Waals surface area contributed by atoms with E-state index in [0.29, 0.717) is 11.3 Å². The van der Waals surface area contributed by atoms with E-state index in [1.165, 1.54) is 0 Å². The molecule has 0 saturated carbocycles. The predicted octanol–water partition coefficient (Wildman–Crippen LogP) is 2.08. The number of methoxy groups -OCH3 is 1. The van der Waals surface area contributed by atoms with Crippen molar-refractivity contribution in [3.63, 3.8) is 0 Å². The molecule has 3 aromatic rings. The highest BCUT2D eigenvalue weighted by atomic mass is 32.2. The number of fused-ring (bicyclic) bond motifs is 1. The van der Waals surface area contributed by atoms with Crippen LogP contribution < -0.4 is 14.6 Å². The molecule has 0 aliphatic rings. The van der Waals surface area contributed by atoms with E-state index < -0.39 is 10.2 Å². The zero-order chi connectivity index (χ0) is 18.7. The minimum absolute atomic E-state index is 0.0924. The van der Waals surface area contributed by atoms with Crippen molar-refractivity contribution in [1.82, 2.24) is 9.71 Å². The highest BCUT2D eigenvalue weighted by Gasteiger charge is 2.12. The lowest BCUT2D eigenvalue weighted by molar-refractivity contribution is 0.415. The largest absolute Gasteiger partial charge is 0.497 e. The summed E-state index contributed by atoms with van der Waals surface area (Å²) in [6.07, 6.45) is 1.54. The van der Waals surface area contributed by atoms with E-state index in [9.17, 15) is 13.7 Å². The third-order valence-electron chi connectivity index (χ3n) is 3.92. The van der Waals surface area contributed by atoms with Gasteiger partial charge in [0.05, 0.1) is 18.2 Å². The Morgan fingerprint density at radius 2 is 1.96 bits per heavy atom. The Morgan fingerprint density at radius 3 is 2.58 bits per heavy atom. The number of ether oxygens (including phenoxy) is 1. The van der Waals surface area contributed by atoms with Crippen molar-refractivity contribution in [2.75, 3.05) is 7.11 Å². The number of hydrogen-bond donors (Lipinski definition) is 2. The standard InChI is InChI=1S/C18H16N4O3S/c1-25-15-6-7-17-16(8-15)18(14(9-19)11-21-17)13-4-2-12(3-5-13)10-22-26(20,23)24/h2-8,11,22H,10H2,1H3,(H2,20,23,24). The fourth-order valence-corrected chi connectivity index (χ4v) is 3.04. The van der Waals surface area contributed by atoms with Gasteiger partial charge in [-0.15, -0.1) is 0 Å². The van der Waals surface area contributed by atoms with Crippen molar-refractivity contribution in [2.45, 2.75) is 6.54 Å². The molecule has 132 valence electrons. The molecule has 0 radical (unpaired) electrons. The Morgan fingerprint density at radius 1 is 1.23 bits per heavy atom. The Kier molecular flexibility index (Phi) is 4.86. The van der Waals surface area contributed by atoms with Gasteiger partial charge in [-0.2, -0.15) is 18.4 Å². The van der Waals surface area contributed by atoms with Crippen LogP contribution in [0.4, 0.5) is 0 Å². The molecule has 0 bridgehead atoms. The van der Waals surface area contributed by atoms with E-state index in [1.54, 1.807) is 25.4 Å². The maximum atomic E-state index is 11.0. The van der Waals surface area contributed by atoms with Gasteiger partial charge in [-0.1, -0.05) is 24.3 Å². The Balaban J connectivity index is 2.07. The molecule has 1 heterocycles. The van der Waals surface area contributed by atoms with Crippen LogP contribution in [0.15, 0.2) is 48.7 Å². The number of nitrogens with two attached hydrogens (primary N) is 1. The lowest BCUT2D eigenvalue weighted by Crippen LogP contribution is -2.30. The van der Waals surface area contributed by atoms with Crippen LogP contribution in [0.2, 0.25) is 0 Å². The third kappa shape index (κ3) is 3.81. The van der Waals surface area contributed by atoms with E-state index in [4.69, 9.17) is 9.88 Å². The highest BCUT2D eigenvalue weighted by molar-refractivity contribution is 7.87. The van der Waals surface area contributed by atoms with E-state index in [-0.39, 0.29) is 6.54 Å². The molecule has 8 heteroatoms. The van der Waals surface area contributed by atoms with Gasteiger partial charge in [0.1, 0.15) is 11.8 Å². The number of benzene rings is 2. The normalized spacial score (nSPS) is 11.3. The second-order valence-corrected chi connectivity index (χ2v) is 6.98. The number of nitrogens with one attached hydrogen (secondary N) is 1. The fraction of sp³-hybridized carbons (Fsp3) is 0.111. The number of nitrogens with zero attached hydrogens (tertiary/aromatic N) is 2. The average molecular weight is 368 g/mol. The van der Waals surface area contributed by atoms with Crippen LogP contribution in [0.3, 0.4) is 0 Å². The molecule has 0 amide bonds. The summed E-state index contributed by atoms with van der Waals surface area (Å²) in [7, 11) is -2.17. The van der Waals surface area contributed by atoms with Gasteiger partial charge >= 0.3 is 0 Å². The van der Waals surface area contributed by atoms with Crippen LogP contribution in [0.5, 0.6) is 5.75 Å². The lowest BCUT2D eigenvalue weighted by Gasteiger charge is -2.11. The molecule has 1 aromatic heterocycles. The summed E-state index contributed by atoms with van der Waals surface area (Å²) in [4.78, 5) is 4.32. The Labute approximate surface area is 151 Å². The number of nitriles is 1. The summed E-state index contributed by atoms with van der Waals surface area (Å²) < 4.78 is 29.5. The Hall–Kier alpha value is -2.99. The first kappa shape index (κ1) is 17.8. The van der Waals surface area contributed by atoms with Gasteiger partial charge in [0, 0.05) is 23.7 Å². The number of hydrogen-bond acceptors (Lipinski definition) is 5. The fourth-order valence-electron chi connectivity index (χ4n) is 2.67. The minimum Gasteiger partial charge on any atom is -0.497 e. The van der Waals surface area contributed by atoms with E-state index in [0.717, 1.165) is 27.6 Å². The first-order valence-corrected chi connectivity index (χ1v) is 9.19. The smallest absolute Gasteiger partial charge is 0.274 e. The van der Waals surface area contributed by atoms with Crippen molar-refractivity contribution in [1.29, 1.82) is 5.26 Å². The number of rotatable bonds is 5. The van der Waals surface area contributed by atoms with Crippen molar-refractivity contribution in [3.8, 4) is 22.9 Å². The molecule has 0 aliphatic carbocycles. The molecule has 0 saturated heterocycles. The minimum atomic E-state index is -3.75. The SMILES string of the molecule is COc1ccc2ncc(C#N)c(-c3ccc(CNS(N)(=O)=O)cc3)c2c1. The summed E-state index contributed by atoms with van der Waals surface area (Å²) in [5.74, 6) is 0.671. The Bertz CT molecular complexity index is 1100. The maximum absolute atomic E-state index is 11.0. The van der Waals surface area contributed by atoms with E-state index >= 15 is 0 Å². The molecule has 3 rings (SSSR count). The van der Waals surface area contributed by atoms with Gasteiger partial charge < -0.3 is 4.74 Å². The molecule has 7 nitrogen and oxygen atoms in total. The van der Waals surface area contributed by atoms with Crippen LogP contribution >= 0.6 is 0 Å². The molecule has 0 aliphatic heterocycles. The maximum Gasteiger partial charge on any atom is 0.274 e. The predicted molar refractivity (Wildman–Crippen MR) is 98.4 cm³/mol. The third-order valence-corrected chi connectivity index (χ3v) is 4.46. The van der Waals surface area contributed by atoms with Gasteiger partial charge in [0.2, 0.25) is 0 Å². The summed E-state index contributed by atoms with van der Waals surface area (Å²) in [6.45, 7) is 0.0924. The van der Waals surface area contributed by atoms with Gasteiger partial charge in [0.15, 0.2) is 0 Å². The van der Waals surface area contributed by atoms with Crippen LogP contribution in [0.25, 0.3) is 22.0 Å². The molecule has 0 spiro atoms. The van der Waals surface area contributed by atoms with Crippen molar-refractivity contribution in [3.05, 3.63) is 59.8 Å². The summed E-state index contributed by atoms with van der Waals surface area (Å²) in [5, 5.41) is 15.2. The zero-order valence-electron chi connectivity index (χ0n) is 13.9. The lowest BCUT2D eigenvalue weighted by atomic mass is 9.96. The summed E-state index contributed by atoms with van der Waals surface area (Å²) in [6, 6.07) is 14.9. The molecule has 0 fully saturated rings. The average Bonchev–Trinajstić information content (AvgIpc) is 2.64.